The van der Waals surface area contributed by atoms with Crippen molar-refractivity contribution in [3.05, 3.63) is 29.3 Å². The Kier molecular flexibility index (Phi) is 5.05. The number of para-hydroxylation sites is 1. The van der Waals surface area contributed by atoms with Gasteiger partial charge in [0.15, 0.2) is 0 Å². The van der Waals surface area contributed by atoms with Gasteiger partial charge in [-0.25, -0.2) is 0 Å². The van der Waals surface area contributed by atoms with Crippen LogP contribution >= 0.6 is 0 Å². The van der Waals surface area contributed by atoms with E-state index in [9.17, 15) is 4.79 Å². The molecule has 0 unspecified atom stereocenters. The number of aryl methyl sites for hydroxylation is 1. The van der Waals surface area contributed by atoms with Gasteiger partial charge in [0.2, 0.25) is 0 Å². The van der Waals surface area contributed by atoms with Crippen molar-refractivity contribution in [3.8, 4) is 0 Å². The molecule has 0 bridgehead atoms. The second-order valence-electron chi connectivity index (χ2n) is 6.04. The minimum absolute atomic E-state index is 0.0381. The van der Waals surface area contributed by atoms with Crippen LogP contribution in [-0.4, -0.2) is 12.5 Å². The molecule has 3 heteroatoms. The Morgan fingerprint density at radius 3 is 2.55 bits per heavy atom. The Labute approximate surface area is 121 Å². The number of carbonyl (C=O) groups is 1. The average Bonchev–Trinajstić information content (AvgIpc) is 2.48. The first-order valence-electron chi connectivity index (χ1n) is 7.75. The fourth-order valence-corrected chi connectivity index (χ4v) is 3.05. The van der Waals surface area contributed by atoms with Gasteiger partial charge in [-0.3, -0.25) is 4.79 Å². The average molecular weight is 274 g/mol. The topological polar surface area (TPSA) is 55.1 Å². The largest absolute Gasteiger partial charge is 0.398 e. The summed E-state index contributed by atoms with van der Waals surface area (Å²) in [7, 11) is 0. The zero-order chi connectivity index (χ0) is 14.5. The first-order chi connectivity index (χ1) is 9.61. The second kappa shape index (κ2) is 6.78. The first-order valence-corrected chi connectivity index (χ1v) is 7.75. The number of carbonyl (C=O) groups excluding carboxylic acids is 1. The lowest BCUT2D eigenvalue weighted by Crippen LogP contribution is -2.31. The third-order valence-corrected chi connectivity index (χ3v) is 4.66. The molecule has 2 rings (SSSR count). The van der Waals surface area contributed by atoms with Crippen molar-refractivity contribution in [2.75, 3.05) is 12.3 Å². The highest BCUT2D eigenvalue weighted by Crippen LogP contribution is 2.30. The van der Waals surface area contributed by atoms with E-state index in [1.807, 2.05) is 19.1 Å². The standard InChI is InChI=1S/C17H26N2O/c1-3-13-7-9-14(10-8-13)11-19-17(20)15-6-4-5-12(2)16(15)18/h4-6,13-14H,3,7-11,18H2,1-2H3,(H,19,20). The molecular formula is C17H26N2O. The van der Waals surface area contributed by atoms with Crippen molar-refractivity contribution < 1.29 is 4.79 Å². The molecule has 20 heavy (non-hydrogen) atoms. The van der Waals surface area contributed by atoms with E-state index in [-0.39, 0.29) is 5.91 Å². The summed E-state index contributed by atoms with van der Waals surface area (Å²) in [6, 6.07) is 5.61. The summed E-state index contributed by atoms with van der Waals surface area (Å²) in [6.07, 6.45) is 6.39. The highest BCUT2D eigenvalue weighted by molar-refractivity contribution is 5.99. The Morgan fingerprint density at radius 2 is 1.90 bits per heavy atom. The van der Waals surface area contributed by atoms with Gasteiger partial charge < -0.3 is 11.1 Å². The molecule has 1 aliphatic carbocycles. The zero-order valence-electron chi connectivity index (χ0n) is 12.6. The maximum atomic E-state index is 12.2. The lowest BCUT2D eigenvalue weighted by molar-refractivity contribution is 0.0942. The van der Waals surface area contributed by atoms with Crippen molar-refractivity contribution in [1.29, 1.82) is 0 Å². The molecule has 1 aliphatic rings. The van der Waals surface area contributed by atoms with Crippen LogP contribution in [0.15, 0.2) is 18.2 Å². The molecule has 0 atom stereocenters. The van der Waals surface area contributed by atoms with Crippen molar-refractivity contribution in [3.63, 3.8) is 0 Å². The summed E-state index contributed by atoms with van der Waals surface area (Å²) in [6.45, 7) is 4.98. The van der Waals surface area contributed by atoms with Crippen LogP contribution in [0, 0.1) is 18.8 Å². The summed E-state index contributed by atoms with van der Waals surface area (Å²) in [5, 5.41) is 3.05. The minimum Gasteiger partial charge on any atom is -0.398 e. The highest BCUT2D eigenvalue weighted by atomic mass is 16.1. The summed E-state index contributed by atoms with van der Waals surface area (Å²) in [5.41, 5.74) is 8.13. The second-order valence-corrected chi connectivity index (χ2v) is 6.04. The van der Waals surface area contributed by atoms with Crippen LogP contribution < -0.4 is 11.1 Å². The number of rotatable bonds is 4. The maximum absolute atomic E-state index is 12.2. The van der Waals surface area contributed by atoms with Gasteiger partial charge in [0.05, 0.1) is 5.56 Å². The Bertz CT molecular complexity index is 462. The predicted octanol–water partition coefficient (Wildman–Crippen LogP) is 3.52. The van der Waals surface area contributed by atoms with Gasteiger partial charge in [-0.15, -0.1) is 0 Å². The summed E-state index contributed by atoms with van der Waals surface area (Å²) < 4.78 is 0. The van der Waals surface area contributed by atoms with Gasteiger partial charge >= 0.3 is 0 Å². The molecule has 1 amide bonds. The molecule has 0 spiro atoms. The molecule has 1 saturated carbocycles. The van der Waals surface area contributed by atoms with Crippen molar-refractivity contribution in [2.45, 2.75) is 46.0 Å². The number of nitrogen functional groups attached to an aromatic ring is 1. The van der Waals surface area contributed by atoms with Crippen LogP contribution in [0.5, 0.6) is 0 Å². The third kappa shape index (κ3) is 3.53. The van der Waals surface area contributed by atoms with E-state index in [1.165, 1.54) is 32.1 Å². The van der Waals surface area contributed by atoms with Crippen molar-refractivity contribution >= 4 is 11.6 Å². The molecule has 110 valence electrons. The van der Waals surface area contributed by atoms with Gasteiger partial charge in [0.1, 0.15) is 0 Å². The molecule has 0 radical (unpaired) electrons. The van der Waals surface area contributed by atoms with Gasteiger partial charge in [-0.2, -0.15) is 0 Å². The molecule has 3 nitrogen and oxygen atoms in total. The fraction of sp³-hybridized carbons (Fsp3) is 0.588. The highest BCUT2D eigenvalue weighted by Gasteiger charge is 2.20. The van der Waals surface area contributed by atoms with Crippen LogP contribution in [0.4, 0.5) is 5.69 Å². The minimum atomic E-state index is -0.0381. The molecule has 3 N–H and O–H groups in total. The zero-order valence-corrected chi connectivity index (χ0v) is 12.6. The van der Waals surface area contributed by atoms with Crippen LogP contribution in [0.1, 0.15) is 54.9 Å². The van der Waals surface area contributed by atoms with E-state index < -0.39 is 0 Å². The van der Waals surface area contributed by atoms with E-state index in [0.29, 0.717) is 17.2 Å². The van der Waals surface area contributed by atoms with E-state index in [0.717, 1.165) is 18.0 Å². The molecular weight excluding hydrogens is 248 g/mol. The van der Waals surface area contributed by atoms with Gasteiger partial charge in [-0.1, -0.05) is 38.3 Å². The van der Waals surface area contributed by atoms with Crippen molar-refractivity contribution in [2.24, 2.45) is 11.8 Å². The van der Waals surface area contributed by atoms with Gasteiger partial charge in [0, 0.05) is 12.2 Å². The van der Waals surface area contributed by atoms with Gasteiger partial charge in [-0.05, 0) is 43.2 Å². The van der Waals surface area contributed by atoms with Crippen LogP contribution in [0.2, 0.25) is 0 Å². The summed E-state index contributed by atoms with van der Waals surface area (Å²) in [4.78, 5) is 12.2. The lowest BCUT2D eigenvalue weighted by Gasteiger charge is -2.27. The number of hydrogen-bond acceptors (Lipinski definition) is 2. The summed E-state index contributed by atoms with van der Waals surface area (Å²) in [5.74, 6) is 1.49. The first kappa shape index (κ1) is 14.9. The predicted molar refractivity (Wildman–Crippen MR) is 83.7 cm³/mol. The number of anilines is 1. The Hall–Kier alpha value is -1.51. The lowest BCUT2D eigenvalue weighted by atomic mass is 9.81. The number of amides is 1. The number of nitrogens with one attached hydrogen (secondary N) is 1. The van der Waals surface area contributed by atoms with Crippen molar-refractivity contribution in [1.82, 2.24) is 5.32 Å². The third-order valence-electron chi connectivity index (χ3n) is 4.66. The molecule has 1 aromatic carbocycles. The van der Waals surface area contributed by atoms with Crippen LogP contribution in [0.3, 0.4) is 0 Å². The molecule has 0 heterocycles. The molecule has 0 aliphatic heterocycles. The van der Waals surface area contributed by atoms with E-state index in [2.05, 4.69) is 12.2 Å². The normalized spacial score (nSPS) is 22.5. The SMILES string of the molecule is CCC1CCC(CNC(=O)c2cccc(C)c2N)CC1. The molecule has 1 aromatic rings. The number of hydrogen-bond donors (Lipinski definition) is 2. The van der Waals surface area contributed by atoms with Gasteiger partial charge in [0.25, 0.3) is 5.91 Å². The Morgan fingerprint density at radius 1 is 1.25 bits per heavy atom. The van der Waals surface area contributed by atoms with Crippen LogP contribution in [0.25, 0.3) is 0 Å². The quantitative estimate of drug-likeness (QED) is 0.825. The maximum Gasteiger partial charge on any atom is 0.253 e. The summed E-state index contributed by atoms with van der Waals surface area (Å²) >= 11 is 0. The van der Waals surface area contributed by atoms with E-state index >= 15 is 0 Å². The monoisotopic (exact) mass is 274 g/mol. The van der Waals surface area contributed by atoms with E-state index in [4.69, 9.17) is 5.73 Å². The smallest absolute Gasteiger partial charge is 0.253 e. The Balaban J connectivity index is 1.85. The molecule has 0 saturated heterocycles. The van der Waals surface area contributed by atoms with E-state index in [1.54, 1.807) is 6.07 Å². The fourth-order valence-electron chi connectivity index (χ4n) is 3.05. The van der Waals surface area contributed by atoms with Crippen LogP contribution in [-0.2, 0) is 0 Å². The molecule has 0 aromatic heterocycles. The number of nitrogens with two attached hydrogens (primary N) is 1. The molecule has 1 fully saturated rings. The number of benzene rings is 1.